The van der Waals surface area contributed by atoms with E-state index in [1.165, 1.54) is 35.6 Å². The standard InChI is InChI=1S/C13H7Cl3N2O2S2/c14-7-1-3-8(4-2-7)22(19,20)18-13-17-12-10(21-13)6-5-9(15)11(12)16/h1-6H,(H,17,18). The molecule has 9 heteroatoms. The number of nitrogens with one attached hydrogen (secondary N) is 1. The maximum absolute atomic E-state index is 12.3. The molecule has 3 rings (SSSR count). The van der Waals surface area contributed by atoms with Gasteiger partial charge >= 0.3 is 0 Å². The van der Waals surface area contributed by atoms with Crippen molar-refractivity contribution >= 4 is 71.5 Å². The van der Waals surface area contributed by atoms with Crippen LogP contribution in [0.2, 0.25) is 15.1 Å². The van der Waals surface area contributed by atoms with Crippen molar-refractivity contribution in [3.8, 4) is 0 Å². The predicted molar refractivity (Wildman–Crippen MR) is 91.9 cm³/mol. The Morgan fingerprint density at radius 2 is 1.68 bits per heavy atom. The van der Waals surface area contributed by atoms with E-state index in [1.807, 2.05) is 0 Å². The average molecular weight is 394 g/mol. The lowest BCUT2D eigenvalue weighted by atomic mass is 10.3. The second-order valence-corrected chi connectivity index (χ2v) is 8.22. The van der Waals surface area contributed by atoms with Gasteiger partial charge in [0.25, 0.3) is 10.0 Å². The molecule has 0 saturated carbocycles. The number of hydrogen-bond acceptors (Lipinski definition) is 4. The fourth-order valence-electron chi connectivity index (χ4n) is 1.77. The highest BCUT2D eigenvalue weighted by Crippen LogP contribution is 2.35. The second kappa shape index (κ2) is 5.86. The van der Waals surface area contributed by atoms with Crippen LogP contribution >= 0.6 is 46.1 Å². The van der Waals surface area contributed by atoms with E-state index < -0.39 is 10.0 Å². The summed E-state index contributed by atoms with van der Waals surface area (Å²) in [6.07, 6.45) is 0. The van der Waals surface area contributed by atoms with Crippen molar-refractivity contribution in [3.05, 3.63) is 51.5 Å². The van der Waals surface area contributed by atoms with E-state index in [9.17, 15) is 8.42 Å². The van der Waals surface area contributed by atoms with Crippen molar-refractivity contribution in [3.63, 3.8) is 0 Å². The lowest BCUT2D eigenvalue weighted by Crippen LogP contribution is -2.12. The third-order valence-corrected chi connectivity index (χ3v) is 6.26. The van der Waals surface area contributed by atoms with Crippen molar-refractivity contribution < 1.29 is 8.42 Å². The Morgan fingerprint density at radius 3 is 2.36 bits per heavy atom. The van der Waals surface area contributed by atoms with Crippen LogP contribution in [0.4, 0.5) is 5.13 Å². The number of hydrogen-bond donors (Lipinski definition) is 1. The van der Waals surface area contributed by atoms with Crippen LogP contribution in [0.5, 0.6) is 0 Å². The fourth-order valence-corrected chi connectivity index (χ4v) is 4.42. The number of nitrogens with zero attached hydrogens (tertiary/aromatic N) is 1. The monoisotopic (exact) mass is 392 g/mol. The van der Waals surface area contributed by atoms with Gasteiger partial charge in [-0.1, -0.05) is 46.1 Å². The van der Waals surface area contributed by atoms with Crippen molar-refractivity contribution in [1.82, 2.24) is 4.98 Å². The van der Waals surface area contributed by atoms with Crippen molar-refractivity contribution in [2.45, 2.75) is 4.90 Å². The van der Waals surface area contributed by atoms with Crippen molar-refractivity contribution in [1.29, 1.82) is 0 Å². The SMILES string of the molecule is O=S(=O)(Nc1nc2c(Cl)c(Cl)ccc2s1)c1ccc(Cl)cc1. The molecule has 0 unspecified atom stereocenters. The van der Waals surface area contributed by atoms with Crippen LogP contribution in [0.1, 0.15) is 0 Å². The quantitative estimate of drug-likeness (QED) is 0.677. The summed E-state index contributed by atoms with van der Waals surface area (Å²) in [4.78, 5) is 4.28. The summed E-state index contributed by atoms with van der Waals surface area (Å²) >= 11 is 18.9. The van der Waals surface area contributed by atoms with E-state index in [2.05, 4.69) is 9.71 Å². The molecule has 1 heterocycles. The number of rotatable bonds is 3. The number of sulfonamides is 1. The summed E-state index contributed by atoms with van der Waals surface area (Å²) in [5.41, 5.74) is 0.466. The van der Waals surface area contributed by atoms with Crippen LogP contribution in [0, 0.1) is 0 Å². The van der Waals surface area contributed by atoms with Crippen LogP contribution in [0.3, 0.4) is 0 Å². The van der Waals surface area contributed by atoms with E-state index >= 15 is 0 Å². The molecule has 1 N–H and O–H groups in total. The Bertz CT molecular complexity index is 953. The summed E-state index contributed by atoms with van der Waals surface area (Å²) < 4.78 is 27.8. The molecule has 0 fully saturated rings. The molecule has 2 aromatic carbocycles. The Morgan fingerprint density at radius 1 is 1.00 bits per heavy atom. The van der Waals surface area contributed by atoms with Gasteiger partial charge in [0.1, 0.15) is 5.52 Å². The Labute approximate surface area is 145 Å². The molecule has 0 atom stereocenters. The van der Waals surface area contributed by atoms with Gasteiger partial charge in [-0.25, -0.2) is 13.4 Å². The summed E-state index contributed by atoms with van der Waals surface area (Å²) in [5.74, 6) is 0. The van der Waals surface area contributed by atoms with Gasteiger partial charge in [0, 0.05) is 5.02 Å². The summed E-state index contributed by atoms with van der Waals surface area (Å²) in [6.45, 7) is 0. The molecule has 0 aliphatic rings. The largest absolute Gasteiger partial charge is 0.263 e. The maximum Gasteiger partial charge on any atom is 0.263 e. The van der Waals surface area contributed by atoms with Crippen molar-refractivity contribution in [2.75, 3.05) is 4.72 Å². The third-order valence-electron chi connectivity index (χ3n) is 2.80. The smallest absolute Gasteiger partial charge is 0.255 e. The first-order valence-electron chi connectivity index (χ1n) is 5.90. The zero-order valence-electron chi connectivity index (χ0n) is 10.7. The molecule has 22 heavy (non-hydrogen) atoms. The van der Waals surface area contributed by atoms with Gasteiger partial charge in [-0.15, -0.1) is 0 Å². The molecular weight excluding hydrogens is 387 g/mol. The topological polar surface area (TPSA) is 59.1 Å². The first-order valence-corrected chi connectivity index (χ1v) is 9.33. The van der Waals surface area contributed by atoms with Gasteiger partial charge in [-0.3, -0.25) is 4.72 Å². The zero-order valence-corrected chi connectivity index (χ0v) is 14.6. The molecular formula is C13H7Cl3N2O2S2. The first-order chi connectivity index (χ1) is 10.4. The van der Waals surface area contributed by atoms with Gasteiger partial charge in [-0.05, 0) is 36.4 Å². The van der Waals surface area contributed by atoms with Crippen LogP contribution < -0.4 is 4.72 Å². The molecule has 0 saturated heterocycles. The van der Waals surface area contributed by atoms with Gasteiger partial charge < -0.3 is 0 Å². The van der Waals surface area contributed by atoms with Crippen LogP contribution in [-0.2, 0) is 10.0 Å². The maximum atomic E-state index is 12.3. The van der Waals surface area contributed by atoms with E-state index in [0.29, 0.717) is 20.6 Å². The lowest BCUT2D eigenvalue weighted by molar-refractivity contribution is 0.601. The number of thiazole rings is 1. The average Bonchev–Trinajstić information content (AvgIpc) is 2.86. The molecule has 0 spiro atoms. The van der Waals surface area contributed by atoms with E-state index in [0.717, 1.165) is 4.70 Å². The molecule has 0 amide bonds. The molecule has 0 aliphatic heterocycles. The number of aromatic nitrogens is 1. The van der Waals surface area contributed by atoms with Crippen LogP contribution in [-0.4, -0.2) is 13.4 Å². The van der Waals surface area contributed by atoms with E-state index in [-0.39, 0.29) is 10.0 Å². The second-order valence-electron chi connectivity index (χ2n) is 4.29. The minimum Gasteiger partial charge on any atom is -0.255 e. The minimum atomic E-state index is -3.74. The third kappa shape index (κ3) is 3.02. The molecule has 0 aliphatic carbocycles. The van der Waals surface area contributed by atoms with E-state index in [4.69, 9.17) is 34.8 Å². The molecule has 0 radical (unpaired) electrons. The Balaban J connectivity index is 1.99. The Kier molecular flexibility index (Phi) is 4.22. The van der Waals surface area contributed by atoms with Crippen LogP contribution in [0.15, 0.2) is 41.3 Å². The molecule has 114 valence electrons. The lowest BCUT2D eigenvalue weighted by Gasteiger charge is -2.04. The minimum absolute atomic E-state index is 0.0975. The molecule has 3 aromatic rings. The van der Waals surface area contributed by atoms with Gasteiger partial charge in [0.2, 0.25) is 0 Å². The van der Waals surface area contributed by atoms with E-state index in [1.54, 1.807) is 12.1 Å². The van der Waals surface area contributed by atoms with Gasteiger partial charge in [-0.2, -0.15) is 0 Å². The number of fused-ring (bicyclic) bond motifs is 1. The summed E-state index contributed by atoms with van der Waals surface area (Å²) in [6, 6.07) is 9.23. The molecule has 1 aromatic heterocycles. The predicted octanol–water partition coefficient (Wildman–Crippen LogP) is 5.06. The fraction of sp³-hybridized carbons (Fsp3) is 0. The highest BCUT2D eigenvalue weighted by molar-refractivity contribution is 7.93. The highest BCUT2D eigenvalue weighted by Gasteiger charge is 2.17. The zero-order chi connectivity index (χ0) is 15.9. The number of halogens is 3. The summed E-state index contributed by atoms with van der Waals surface area (Å²) in [7, 11) is -3.74. The van der Waals surface area contributed by atoms with Crippen molar-refractivity contribution in [2.24, 2.45) is 0 Å². The molecule has 4 nitrogen and oxygen atoms in total. The molecule has 0 bridgehead atoms. The van der Waals surface area contributed by atoms with Crippen LogP contribution in [0.25, 0.3) is 10.2 Å². The Hall–Kier alpha value is -1.05. The van der Waals surface area contributed by atoms with Gasteiger partial charge in [0.15, 0.2) is 5.13 Å². The van der Waals surface area contributed by atoms with Gasteiger partial charge in [0.05, 0.1) is 19.6 Å². The number of anilines is 1. The normalized spacial score (nSPS) is 11.8. The number of benzene rings is 2. The highest BCUT2D eigenvalue weighted by atomic mass is 35.5. The summed E-state index contributed by atoms with van der Waals surface area (Å²) in [5, 5.41) is 1.34. The first kappa shape index (κ1) is 15.8.